The summed E-state index contributed by atoms with van der Waals surface area (Å²) in [5.74, 6) is 0. The molecule has 0 saturated heterocycles. The molecule has 1 nitrogen and oxygen atoms in total. The Bertz CT molecular complexity index is 335. The number of alkyl halides is 5. The molecule has 78 valence electrons. The minimum atomic E-state index is -4.60. The third kappa shape index (κ3) is 2.52. The molecule has 0 bridgehead atoms. The largest absolute Gasteiger partial charge is 0.433 e. The number of halogens is 6. The Morgan fingerprint density at radius 2 is 1.79 bits per heavy atom. The maximum atomic E-state index is 12.1. The number of hydrogen-bond donors (Lipinski definition) is 0. The van der Waals surface area contributed by atoms with Crippen LogP contribution in [0, 0.1) is 3.70 Å². The van der Waals surface area contributed by atoms with Gasteiger partial charge in [-0.1, -0.05) is 0 Å². The molecule has 1 aromatic heterocycles. The Kier molecular flexibility index (Phi) is 3.28. The minimum Gasteiger partial charge on any atom is -0.237 e. The molecular formula is C7H3F5IN. The summed E-state index contributed by atoms with van der Waals surface area (Å²) in [4.78, 5) is 3.05. The van der Waals surface area contributed by atoms with Crippen molar-refractivity contribution in [3.8, 4) is 0 Å². The van der Waals surface area contributed by atoms with Crippen molar-refractivity contribution in [2.75, 3.05) is 0 Å². The summed E-state index contributed by atoms with van der Waals surface area (Å²) in [7, 11) is 0. The first-order valence-corrected chi connectivity index (χ1v) is 4.42. The lowest BCUT2D eigenvalue weighted by Gasteiger charge is -2.08. The molecule has 0 unspecified atom stereocenters. The number of nitrogens with zero attached hydrogens (tertiary/aromatic N) is 1. The van der Waals surface area contributed by atoms with Crippen LogP contribution in [0.5, 0.6) is 0 Å². The van der Waals surface area contributed by atoms with Crippen LogP contribution in [0.3, 0.4) is 0 Å². The van der Waals surface area contributed by atoms with Crippen molar-refractivity contribution in [1.29, 1.82) is 0 Å². The second kappa shape index (κ2) is 3.95. The van der Waals surface area contributed by atoms with Gasteiger partial charge in [-0.25, -0.2) is 13.8 Å². The van der Waals surface area contributed by atoms with Crippen molar-refractivity contribution in [1.82, 2.24) is 4.98 Å². The molecule has 0 amide bonds. The molecule has 0 aliphatic rings. The van der Waals surface area contributed by atoms with E-state index in [1.54, 1.807) is 0 Å². The van der Waals surface area contributed by atoms with Gasteiger partial charge < -0.3 is 0 Å². The monoisotopic (exact) mass is 323 g/mol. The maximum absolute atomic E-state index is 12.1. The molecule has 0 spiro atoms. The molecule has 0 fully saturated rings. The van der Waals surface area contributed by atoms with Crippen molar-refractivity contribution in [3.63, 3.8) is 0 Å². The van der Waals surface area contributed by atoms with Gasteiger partial charge in [0.25, 0.3) is 6.43 Å². The zero-order chi connectivity index (χ0) is 10.9. The summed E-state index contributed by atoms with van der Waals surface area (Å²) < 4.78 is 60.1. The Morgan fingerprint density at radius 1 is 1.21 bits per heavy atom. The minimum absolute atomic E-state index is 0.326. The molecule has 1 rings (SSSR count). The van der Waals surface area contributed by atoms with E-state index >= 15 is 0 Å². The van der Waals surface area contributed by atoms with Crippen LogP contribution < -0.4 is 0 Å². The van der Waals surface area contributed by atoms with E-state index in [-0.39, 0.29) is 3.70 Å². The van der Waals surface area contributed by atoms with Crippen molar-refractivity contribution in [2.24, 2.45) is 0 Å². The van der Waals surface area contributed by atoms with Crippen LogP contribution >= 0.6 is 22.6 Å². The summed E-state index contributed by atoms with van der Waals surface area (Å²) in [5, 5.41) is 0. The van der Waals surface area contributed by atoms with Gasteiger partial charge in [0.05, 0.1) is 0 Å². The Hall–Kier alpha value is -0.470. The van der Waals surface area contributed by atoms with Gasteiger partial charge in [-0.15, -0.1) is 0 Å². The average molecular weight is 323 g/mol. The zero-order valence-corrected chi connectivity index (χ0v) is 8.60. The number of aromatic nitrogens is 1. The van der Waals surface area contributed by atoms with E-state index in [1.165, 1.54) is 22.6 Å². The van der Waals surface area contributed by atoms with E-state index in [2.05, 4.69) is 4.98 Å². The highest BCUT2D eigenvalue weighted by atomic mass is 127. The topological polar surface area (TPSA) is 12.9 Å². The molecule has 0 aliphatic heterocycles. The highest BCUT2D eigenvalue weighted by molar-refractivity contribution is 14.1. The molecular weight excluding hydrogens is 320 g/mol. The Morgan fingerprint density at radius 3 is 2.14 bits per heavy atom. The zero-order valence-electron chi connectivity index (χ0n) is 6.45. The van der Waals surface area contributed by atoms with Crippen molar-refractivity contribution in [2.45, 2.75) is 12.6 Å². The van der Waals surface area contributed by atoms with E-state index in [0.29, 0.717) is 6.07 Å². The van der Waals surface area contributed by atoms with Crippen molar-refractivity contribution >= 4 is 22.6 Å². The van der Waals surface area contributed by atoms with E-state index in [1.807, 2.05) is 0 Å². The smallest absolute Gasteiger partial charge is 0.237 e. The van der Waals surface area contributed by atoms with Crippen LogP contribution in [0.25, 0.3) is 0 Å². The van der Waals surface area contributed by atoms with Crippen LogP contribution in [0.1, 0.15) is 17.7 Å². The highest BCUT2D eigenvalue weighted by Gasteiger charge is 2.33. The lowest BCUT2D eigenvalue weighted by molar-refractivity contribution is -0.141. The molecule has 1 aromatic rings. The fourth-order valence-corrected chi connectivity index (χ4v) is 1.44. The van der Waals surface area contributed by atoms with Crippen LogP contribution in [-0.2, 0) is 6.18 Å². The van der Waals surface area contributed by atoms with Crippen LogP contribution in [0.4, 0.5) is 22.0 Å². The molecule has 14 heavy (non-hydrogen) atoms. The number of pyridine rings is 1. The summed E-state index contributed by atoms with van der Waals surface area (Å²) in [6.07, 6.45) is -7.41. The third-order valence-electron chi connectivity index (χ3n) is 1.40. The van der Waals surface area contributed by atoms with Crippen molar-refractivity contribution < 1.29 is 22.0 Å². The fraction of sp³-hybridized carbons (Fsp3) is 0.286. The average Bonchev–Trinajstić information content (AvgIpc) is 2.01. The molecule has 7 heteroatoms. The standard InChI is InChI=1S/C7H3F5IN/c8-5(9)3-1-2-4(7(10,11)12)14-6(3)13/h1-2,5H. The van der Waals surface area contributed by atoms with Gasteiger partial charge in [0.1, 0.15) is 9.39 Å². The molecule has 0 aliphatic carbocycles. The molecule has 0 atom stereocenters. The predicted octanol–water partition coefficient (Wildman–Crippen LogP) is 3.64. The molecule has 0 aromatic carbocycles. The van der Waals surface area contributed by atoms with Gasteiger partial charge in [0, 0.05) is 5.56 Å². The van der Waals surface area contributed by atoms with Crippen LogP contribution in [0.15, 0.2) is 12.1 Å². The predicted molar refractivity (Wildman–Crippen MR) is 46.9 cm³/mol. The molecule has 0 radical (unpaired) electrons. The van der Waals surface area contributed by atoms with Crippen molar-refractivity contribution in [3.05, 3.63) is 27.1 Å². The lowest BCUT2D eigenvalue weighted by atomic mass is 10.2. The number of rotatable bonds is 1. The summed E-state index contributed by atoms with van der Waals surface area (Å²) in [6, 6.07) is 1.28. The fourth-order valence-electron chi connectivity index (χ4n) is 0.766. The number of hydrogen-bond acceptors (Lipinski definition) is 1. The highest BCUT2D eigenvalue weighted by Crippen LogP contribution is 2.30. The molecule has 0 saturated carbocycles. The first-order chi connectivity index (χ1) is 6.32. The van der Waals surface area contributed by atoms with E-state index < -0.39 is 23.9 Å². The van der Waals surface area contributed by atoms with Gasteiger partial charge >= 0.3 is 6.18 Å². The summed E-state index contributed by atoms with van der Waals surface area (Å²) in [5.41, 5.74) is -1.65. The Labute approximate surface area is 89.5 Å². The second-order valence-corrected chi connectivity index (χ2v) is 3.40. The molecule has 1 heterocycles. The van der Waals surface area contributed by atoms with E-state index in [9.17, 15) is 22.0 Å². The first kappa shape index (κ1) is 11.6. The van der Waals surface area contributed by atoms with Gasteiger partial charge in [0.2, 0.25) is 0 Å². The van der Waals surface area contributed by atoms with E-state index in [4.69, 9.17) is 0 Å². The summed E-state index contributed by atoms with van der Waals surface area (Å²) >= 11 is 1.35. The van der Waals surface area contributed by atoms with Crippen LogP contribution in [0.2, 0.25) is 0 Å². The Balaban J connectivity index is 3.13. The van der Waals surface area contributed by atoms with Gasteiger partial charge in [0.15, 0.2) is 0 Å². The quantitative estimate of drug-likeness (QED) is 0.437. The summed E-state index contributed by atoms with van der Waals surface area (Å²) in [6.45, 7) is 0. The van der Waals surface area contributed by atoms with Gasteiger partial charge in [-0.05, 0) is 34.7 Å². The first-order valence-electron chi connectivity index (χ1n) is 3.34. The second-order valence-electron chi connectivity index (χ2n) is 2.37. The molecule has 0 N–H and O–H groups in total. The van der Waals surface area contributed by atoms with Gasteiger partial charge in [-0.3, -0.25) is 0 Å². The van der Waals surface area contributed by atoms with Gasteiger partial charge in [-0.2, -0.15) is 13.2 Å². The normalized spacial score (nSPS) is 12.2. The SMILES string of the molecule is FC(F)c1ccc(C(F)(F)F)nc1I. The van der Waals surface area contributed by atoms with E-state index in [0.717, 1.165) is 6.07 Å². The lowest BCUT2D eigenvalue weighted by Crippen LogP contribution is -2.09. The third-order valence-corrected chi connectivity index (χ3v) is 2.27. The maximum Gasteiger partial charge on any atom is 0.433 e. The van der Waals surface area contributed by atoms with Crippen LogP contribution in [-0.4, -0.2) is 4.98 Å².